The normalized spacial score (nSPS) is 17.1. The smallest absolute Gasteiger partial charge is 0.258 e. The number of fused-ring (bicyclic) bond motifs is 1. The Hall–Kier alpha value is -2.44. The van der Waals surface area contributed by atoms with E-state index in [4.69, 9.17) is 0 Å². The van der Waals surface area contributed by atoms with E-state index in [1.54, 1.807) is 22.7 Å². The Kier molecular flexibility index (Phi) is 3.51. The summed E-state index contributed by atoms with van der Waals surface area (Å²) in [6.45, 7) is 3.96. The van der Waals surface area contributed by atoms with Crippen LogP contribution >= 0.6 is 22.7 Å². The third-order valence-corrected chi connectivity index (χ3v) is 5.96. The van der Waals surface area contributed by atoms with Gasteiger partial charge in [0.05, 0.1) is 32.3 Å². The van der Waals surface area contributed by atoms with Crippen molar-refractivity contribution >= 4 is 52.0 Å². The van der Waals surface area contributed by atoms with Gasteiger partial charge in [-0.25, -0.2) is 0 Å². The molecule has 2 aromatic heterocycles. The number of amides is 2. The summed E-state index contributed by atoms with van der Waals surface area (Å²) in [5, 5.41) is 5.75. The summed E-state index contributed by atoms with van der Waals surface area (Å²) in [5.41, 5.74) is 2.13. The number of rotatable bonds is 3. The highest BCUT2D eigenvalue weighted by molar-refractivity contribution is 7.14. The van der Waals surface area contributed by atoms with Gasteiger partial charge in [-0.05, 0) is 44.2 Å². The minimum absolute atomic E-state index is 0.222. The Labute approximate surface area is 147 Å². The molecule has 2 amide bonds. The van der Waals surface area contributed by atoms with Crippen molar-refractivity contribution in [2.24, 2.45) is 0 Å². The zero-order valence-corrected chi connectivity index (χ0v) is 14.7. The Morgan fingerprint density at radius 1 is 0.875 bits per heavy atom. The van der Waals surface area contributed by atoms with Crippen molar-refractivity contribution in [3.05, 3.63) is 61.0 Å². The van der Waals surface area contributed by atoms with Crippen molar-refractivity contribution in [1.29, 1.82) is 0 Å². The monoisotopic (exact) mass is 354 g/mol. The van der Waals surface area contributed by atoms with E-state index in [0.29, 0.717) is 22.5 Å². The fraction of sp³-hybridized carbons (Fsp3) is 0.111. The minimum atomic E-state index is -0.222. The Balaban J connectivity index is 1.86. The average molecular weight is 354 g/mol. The van der Waals surface area contributed by atoms with Crippen molar-refractivity contribution in [3.63, 3.8) is 0 Å². The highest BCUT2D eigenvalue weighted by Crippen LogP contribution is 2.40. The molecule has 4 heterocycles. The third kappa shape index (κ3) is 2.26. The van der Waals surface area contributed by atoms with E-state index in [-0.39, 0.29) is 11.8 Å². The van der Waals surface area contributed by atoms with Gasteiger partial charge in [0.15, 0.2) is 0 Å². The van der Waals surface area contributed by atoms with Crippen LogP contribution in [0.3, 0.4) is 0 Å². The molecule has 0 aliphatic carbocycles. The summed E-state index contributed by atoms with van der Waals surface area (Å²) in [7, 11) is 0. The summed E-state index contributed by atoms with van der Waals surface area (Å²) in [6.07, 6.45) is 3.97. The van der Waals surface area contributed by atoms with Gasteiger partial charge < -0.3 is 10.6 Å². The molecule has 0 saturated heterocycles. The molecule has 4 rings (SSSR count). The molecular weight excluding hydrogens is 340 g/mol. The van der Waals surface area contributed by atoms with E-state index in [1.807, 2.05) is 50.3 Å². The van der Waals surface area contributed by atoms with Gasteiger partial charge in [0.1, 0.15) is 0 Å². The molecule has 0 fully saturated rings. The fourth-order valence-corrected chi connectivity index (χ4v) is 4.72. The molecule has 6 heteroatoms. The third-order valence-electron chi connectivity index (χ3n) is 3.87. The topological polar surface area (TPSA) is 58.2 Å². The van der Waals surface area contributed by atoms with Crippen LogP contribution in [0.4, 0.5) is 0 Å². The predicted octanol–water partition coefficient (Wildman–Crippen LogP) is 3.53. The molecule has 2 aliphatic rings. The van der Waals surface area contributed by atoms with E-state index in [2.05, 4.69) is 10.6 Å². The molecule has 24 heavy (non-hydrogen) atoms. The lowest BCUT2D eigenvalue weighted by Crippen LogP contribution is -2.20. The Morgan fingerprint density at radius 2 is 1.46 bits per heavy atom. The number of hydrogen-bond donors (Lipinski definition) is 2. The molecule has 0 saturated carbocycles. The molecule has 0 radical (unpaired) electrons. The number of hydrogen-bond acceptors (Lipinski definition) is 4. The molecule has 120 valence electrons. The van der Waals surface area contributed by atoms with Gasteiger partial charge in [0.25, 0.3) is 11.8 Å². The predicted molar refractivity (Wildman–Crippen MR) is 98.2 cm³/mol. The van der Waals surface area contributed by atoms with Gasteiger partial charge in [-0.1, -0.05) is 6.08 Å². The van der Waals surface area contributed by atoms with Crippen LogP contribution in [0.2, 0.25) is 0 Å². The number of thiophene rings is 2. The first kappa shape index (κ1) is 15.1. The molecule has 2 aliphatic heterocycles. The van der Waals surface area contributed by atoms with Crippen molar-refractivity contribution < 1.29 is 9.59 Å². The molecule has 0 atom stereocenters. The second-order valence-corrected chi connectivity index (χ2v) is 7.92. The van der Waals surface area contributed by atoms with Gasteiger partial charge in [-0.3, -0.25) is 9.59 Å². The van der Waals surface area contributed by atoms with Gasteiger partial charge in [-0.2, -0.15) is 0 Å². The second-order valence-electron chi connectivity index (χ2n) is 5.52. The van der Waals surface area contributed by atoms with E-state index in [1.165, 1.54) is 0 Å². The van der Waals surface area contributed by atoms with Crippen molar-refractivity contribution in [2.75, 3.05) is 0 Å². The fourth-order valence-electron chi connectivity index (χ4n) is 2.86. The number of allylic oxidation sites excluding steroid dienone is 1. The van der Waals surface area contributed by atoms with Crippen molar-refractivity contribution in [2.45, 2.75) is 13.8 Å². The molecular formula is C18H14N2O2S2. The summed E-state index contributed by atoms with van der Waals surface area (Å²) in [6, 6.07) is 7.84. The van der Waals surface area contributed by atoms with Crippen LogP contribution in [-0.4, -0.2) is 11.8 Å². The average Bonchev–Trinajstić information content (AvgIpc) is 3.28. The first-order valence-electron chi connectivity index (χ1n) is 7.50. The maximum Gasteiger partial charge on any atom is 0.258 e. The summed E-state index contributed by atoms with van der Waals surface area (Å²) in [5.74, 6) is -0.444. The number of carbonyl (C=O) groups excluding carboxylic acids is 2. The van der Waals surface area contributed by atoms with Crippen LogP contribution in [0, 0.1) is 6.92 Å². The molecule has 4 nitrogen and oxygen atoms in total. The van der Waals surface area contributed by atoms with E-state index >= 15 is 0 Å². The van der Waals surface area contributed by atoms with Crippen LogP contribution in [0.1, 0.15) is 26.4 Å². The number of nitrogens with one attached hydrogen (secondary N) is 2. The molecule has 0 unspecified atom stereocenters. The summed E-state index contributed by atoms with van der Waals surface area (Å²) in [4.78, 5) is 29.0. The largest absolute Gasteiger partial charge is 0.320 e. The Bertz CT molecular complexity index is 973. The van der Waals surface area contributed by atoms with Gasteiger partial charge in [0.2, 0.25) is 0 Å². The SMILES string of the molecule is C/C=C/c1ccc(C2=C3C(=O)NC(c4ccc(C)s4)=C3C(=O)N2)s1. The Morgan fingerprint density at radius 3 is 2.00 bits per heavy atom. The zero-order valence-electron chi connectivity index (χ0n) is 13.1. The molecule has 0 spiro atoms. The maximum absolute atomic E-state index is 12.5. The van der Waals surface area contributed by atoms with Crippen LogP contribution in [0.5, 0.6) is 0 Å². The van der Waals surface area contributed by atoms with Crippen molar-refractivity contribution in [3.8, 4) is 0 Å². The number of carbonyl (C=O) groups is 2. The van der Waals surface area contributed by atoms with E-state index in [9.17, 15) is 9.59 Å². The first-order chi connectivity index (χ1) is 11.6. The molecule has 0 bridgehead atoms. The minimum Gasteiger partial charge on any atom is -0.320 e. The van der Waals surface area contributed by atoms with Crippen LogP contribution in [0.25, 0.3) is 17.5 Å². The summed E-state index contributed by atoms with van der Waals surface area (Å²) < 4.78 is 0. The lowest BCUT2D eigenvalue weighted by molar-refractivity contribution is -0.117. The molecule has 0 aromatic carbocycles. The lowest BCUT2D eigenvalue weighted by atomic mass is 10.1. The second kappa shape index (κ2) is 5.58. The lowest BCUT2D eigenvalue weighted by Gasteiger charge is -2.04. The van der Waals surface area contributed by atoms with Gasteiger partial charge >= 0.3 is 0 Å². The molecule has 2 aromatic rings. The standard InChI is InChI=1S/C18H14N2O2S2/c1-3-4-10-6-8-12(24-10)16-14-13(17(21)20-16)15(19-18(14)22)11-7-5-9(2)23-11/h3-8H,1-2H3,(H,19,22)(H,20,21)/b4-3+. The highest BCUT2D eigenvalue weighted by Gasteiger charge is 2.41. The highest BCUT2D eigenvalue weighted by atomic mass is 32.1. The summed E-state index contributed by atoms with van der Waals surface area (Å²) >= 11 is 3.11. The van der Waals surface area contributed by atoms with Gasteiger partial charge in [0, 0.05) is 9.75 Å². The van der Waals surface area contributed by atoms with E-state index < -0.39 is 0 Å². The van der Waals surface area contributed by atoms with Crippen LogP contribution < -0.4 is 10.6 Å². The number of aryl methyl sites for hydroxylation is 1. The van der Waals surface area contributed by atoms with Gasteiger partial charge in [-0.15, -0.1) is 22.7 Å². The van der Waals surface area contributed by atoms with Crippen molar-refractivity contribution in [1.82, 2.24) is 10.6 Å². The zero-order chi connectivity index (χ0) is 16.8. The van der Waals surface area contributed by atoms with E-state index in [0.717, 1.165) is 19.5 Å². The van der Waals surface area contributed by atoms with Crippen LogP contribution in [-0.2, 0) is 9.59 Å². The maximum atomic E-state index is 12.5. The molecule has 2 N–H and O–H groups in total. The quantitative estimate of drug-likeness (QED) is 0.886. The first-order valence-corrected chi connectivity index (χ1v) is 9.13. The van der Waals surface area contributed by atoms with Crippen LogP contribution in [0.15, 0.2) is 41.5 Å².